The highest BCUT2D eigenvalue weighted by Crippen LogP contribution is 2.25. The normalized spacial score (nSPS) is 14.4. The molecule has 1 fully saturated rings. The molecule has 1 N–H and O–H groups in total. The summed E-state index contributed by atoms with van der Waals surface area (Å²) in [5, 5.41) is 3.05. The molecule has 1 amide bonds. The van der Waals surface area contributed by atoms with Crippen molar-refractivity contribution in [2.24, 2.45) is 0 Å². The molecule has 0 bridgehead atoms. The third-order valence-electron chi connectivity index (χ3n) is 5.58. The summed E-state index contributed by atoms with van der Waals surface area (Å²) in [6.45, 7) is 5.98. The number of amides is 1. The fourth-order valence-corrected chi connectivity index (χ4v) is 3.81. The van der Waals surface area contributed by atoms with Crippen LogP contribution in [0, 0.1) is 0 Å². The van der Waals surface area contributed by atoms with Crippen LogP contribution in [0.15, 0.2) is 48.5 Å². The molecule has 1 aliphatic heterocycles. The zero-order valence-electron chi connectivity index (χ0n) is 18.1. The van der Waals surface area contributed by atoms with Crippen LogP contribution in [0.1, 0.15) is 18.4 Å². The van der Waals surface area contributed by atoms with Crippen LogP contribution in [-0.4, -0.2) is 64.3 Å². The maximum absolute atomic E-state index is 12.2. The first-order valence-electron chi connectivity index (χ1n) is 10.7. The Labute approximate surface area is 179 Å². The number of para-hydroxylation sites is 1. The highest BCUT2D eigenvalue weighted by molar-refractivity contribution is 5.76. The number of hydrogen-bond donors (Lipinski definition) is 1. The van der Waals surface area contributed by atoms with Gasteiger partial charge in [-0.05, 0) is 55.3 Å². The number of benzene rings is 2. The number of carbonyl (C=O) groups is 1. The second-order valence-electron chi connectivity index (χ2n) is 7.55. The highest BCUT2D eigenvalue weighted by Gasteiger charge is 2.16. The lowest BCUT2D eigenvalue weighted by molar-refractivity contribution is -0.121. The average Bonchev–Trinajstić information content (AvgIpc) is 2.81. The fraction of sp³-hybridized carbons (Fsp3) is 0.458. The van der Waals surface area contributed by atoms with Gasteiger partial charge in [0.15, 0.2) is 0 Å². The van der Waals surface area contributed by atoms with E-state index >= 15 is 0 Å². The Bertz CT molecular complexity index is 790. The predicted molar refractivity (Wildman–Crippen MR) is 121 cm³/mol. The number of nitrogens with zero attached hydrogens (tertiary/aromatic N) is 2. The Morgan fingerprint density at radius 1 is 1.00 bits per heavy atom. The maximum Gasteiger partial charge on any atom is 0.220 e. The van der Waals surface area contributed by atoms with Gasteiger partial charge in [0.05, 0.1) is 14.2 Å². The SMILES string of the molecule is COc1ccc(OC)c(CCC(=O)NCCCN2CCN(c3ccccc3)CC2)c1. The molecule has 1 aliphatic rings. The molecule has 162 valence electrons. The summed E-state index contributed by atoms with van der Waals surface area (Å²) >= 11 is 0. The van der Waals surface area contributed by atoms with Gasteiger partial charge < -0.3 is 19.7 Å². The Morgan fingerprint density at radius 2 is 1.77 bits per heavy atom. The van der Waals surface area contributed by atoms with Crippen LogP contribution in [0.4, 0.5) is 5.69 Å². The minimum Gasteiger partial charge on any atom is -0.497 e. The summed E-state index contributed by atoms with van der Waals surface area (Å²) < 4.78 is 10.6. The monoisotopic (exact) mass is 411 g/mol. The zero-order valence-corrected chi connectivity index (χ0v) is 18.1. The van der Waals surface area contributed by atoms with E-state index in [0.717, 1.165) is 56.2 Å². The lowest BCUT2D eigenvalue weighted by atomic mass is 10.1. The van der Waals surface area contributed by atoms with Crippen LogP contribution in [0.3, 0.4) is 0 Å². The molecule has 0 radical (unpaired) electrons. The summed E-state index contributed by atoms with van der Waals surface area (Å²) in [6, 6.07) is 16.3. The van der Waals surface area contributed by atoms with Crippen molar-refractivity contribution in [1.29, 1.82) is 0 Å². The molecule has 0 aromatic heterocycles. The summed E-state index contributed by atoms with van der Waals surface area (Å²) in [6.07, 6.45) is 2.05. The zero-order chi connectivity index (χ0) is 21.2. The minimum atomic E-state index is 0.0776. The van der Waals surface area contributed by atoms with Gasteiger partial charge in [0.2, 0.25) is 5.91 Å². The Hall–Kier alpha value is -2.73. The number of aryl methyl sites for hydroxylation is 1. The molecule has 30 heavy (non-hydrogen) atoms. The van der Waals surface area contributed by atoms with Crippen molar-refractivity contribution in [3.63, 3.8) is 0 Å². The van der Waals surface area contributed by atoms with Gasteiger partial charge in [-0.3, -0.25) is 9.69 Å². The van der Waals surface area contributed by atoms with Crippen molar-refractivity contribution in [2.75, 3.05) is 58.4 Å². The summed E-state index contributed by atoms with van der Waals surface area (Å²) in [5.41, 5.74) is 2.29. The molecule has 6 heteroatoms. The number of rotatable bonds is 10. The molecule has 0 saturated carbocycles. The number of nitrogens with one attached hydrogen (secondary N) is 1. The van der Waals surface area contributed by atoms with Crippen molar-refractivity contribution < 1.29 is 14.3 Å². The number of anilines is 1. The molecule has 0 unspecified atom stereocenters. The average molecular weight is 412 g/mol. The molecule has 2 aromatic carbocycles. The van der Waals surface area contributed by atoms with Crippen LogP contribution >= 0.6 is 0 Å². The van der Waals surface area contributed by atoms with E-state index in [4.69, 9.17) is 9.47 Å². The minimum absolute atomic E-state index is 0.0776. The molecule has 0 atom stereocenters. The molecule has 2 aromatic rings. The van der Waals surface area contributed by atoms with Crippen molar-refractivity contribution in [1.82, 2.24) is 10.2 Å². The van der Waals surface area contributed by atoms with Crippen LogP contribution < -0.4 is 19.7 Å². The molecular weight excluding hydrogens is 378 g/mol. The van der Waals surface area contributed by atoms with E-state index in [0.29, 0.717) is 19.4 Å². The third kappa shape index (κ3) is 6.39. The van der Waals surface area contributed by atoms with Gasteiger partial charge in [0.1, 0.15) is 11.5 Å². The summed E-state index contributed by atoms with van der Waals surface area (Å²) in [4.78, 5) is 17.1. The second kappa shape index (κ2) is 11.5. The van der Waals surface area contributed by atoms with E-state index in [1.54, 1.807) is 14.2 Å². The molecule has 3 rings (SSSR count). The number of ether oxygens (including phenoxy) is 2. The molecule has 0 aliphatic carbocycles. The lowest BCUT2D eigenvalue weighted by Crippen LogP contribution is -2.47. The van der Waals surface area contributed by atoms with Gasteiger partial charge in [-0.25, -0.2) is 0 Å². The maximum atomic E-state index is 12.2. The van der Waals surface area contributed by atoms with Gasteiger partial charge in [-0.1, -0.05) is 18.2 Å². The van der Waals surface area contributed by atoms with Crippen molar-refractivity contribution in [3.8, 4) is 11.5 Å². The van der Waals surface area contributed by atoms with Gasteiger partial charge in [0, 0.05) is 44.8 Å². The predicted octanol–water partition coefficient (Wildman–Crippen LogP) is 2.96. The van der Waals surface area contributed by atoms with E-state index in [1.165, 1.54) is 5.69 Å². The standard InChI is InChI=1S/C24H33N3O3/c1-29-22-10-11-23(30-2)20(19-22)9-12-24(28)25-13-6-14-26-15-17-27(18-16-26)21-7-4-3-5-8-21/h3-5,7-8,10-11,19H,6,9,12-18H2,1-2H3,(H,25,28). The van der Waals surface area contributed by atoms with E-state index in [1.807, 2.05) is 18.2 Å². The van der Waals surface area contributed by atoms with E-state index in [-0.39, 0.29) is 5.91 Å². The Morgan fingerprint density at radius 3 is 2.47 bits per heavy atom. The number of carbonyl (C=O) groups excluding carboxylic acids is 1. The van der Waals surface area contributed by atoms with E-state index in [2.05, 4.69) is 45.4 Å². The molecule has 6 nitrogen and oxygen atoms in total. The van der Waals surface area contributed by atoms with Crippen LogP contribution in [-0.2, 0) is 11.2 Å². The second-order valence-corrected chi connectivity index (χ2v) is 7.55. The van der Waals surface area contributed by atoms with Gasteiger partial charge in [0.25, 0.3) is 0 Å². The summed E-state index contributed by atoms with van der Waals surface area (Å²) in [5.74, 6) is 1.64. The number of piperazine rings is 1. The van der Waals surface area contributed by atoms with Crippen molar-refractivity contribution in [2.45, 2.75) is 19.3 Å². The largest absolute Gasteiger partial charge is 0.497 e. The van der Waals surface area contributed by atoms with Gasteiger partial charge >= 0.3 is 0 Å². The quantitative estimate of drug-likeness (QED) is 0.609. The Kier molecular flexibility index (Phi) is 8.39. The topological polar surface area (TPSA) is 54.0 Å². The first-order valence-corrected chi connectivity index (χ1v) is 10.7. The number of methoxy groups -OCH3 is 2. The first-order chi connectivity index (χ1) is 14.7. The van der Waals surface area contributed by atoms with Crippen LogP contribution in [0.2, 0.25) is 0 Å². The molecular formula is C24H33N3O3. The Balaban J connectivity index is 1.31. The van der Waals surface area contributed by atoms with Gasteiger partial charge in [-0.2, -0.15) is 0 Å². The fourth-order valence-electron chi connectivity index (χ4n) is 3.81. The first kappa shape index (κ1) is 22.0. The van der Waals surface area contributed by atoms with Crippen molar-refractivity contribution in [3.05, 3.63) is 54.1 Å². The van der Waals surface area contributed by atoms with E-state index < -0.39 is 0 Å². The smallest absolute Gasteiger partial charge is 0.220 e. The lowest BCUT2D eigenvalue weighted by Gasteiger charge is -2.36. The molecule has 1 saturated heterocycles. The van der Waals surface area contributed by atoms with Gasteiger partial charge in [-0.15, -0.1) is 0 Å². The third-order valence-corrected chi connectivity index (χ3v) is 5.58. The van der Waals surface area contributed by atoms with Crippen molar-refractivity contribution >= 4 is 11.6 Å². The number of hydrogen-bond acceptors (Lipinski definition) is 5. The van der Waals surface area contributed by atoms with Crippen LogP contribution in [0.5, 0.6) is 11.5 Å². The molecule has 1 heterocycles. The van der Waals surface area contributed by atoms with E-state index in [9.17, 15) is 4.79 Å². The highest BCUT2D eigenvalue weighted by atomic mass is 16.5. The van der Waals surface area contributed by atoms with Crippen LogP contribution in [0.25, 0.3) is 0 Å². The molecule has 0 spiro atoms. The summed E-state index contributed by atoms with van der Waals surface area (Å²) in [7, 11) is 3.28.